The van der Waals surface area contributed by atoms with E-state index in [1.165, 1.54) is 0 Å². The van der Waals surface area contributed by atoms with Crippen molar-refractivity contribution in [2.75, 3.05) is 16.8 Å². The molecule has 0 spiro atoms. The van der Waals surface area contributed by atoms with Crippen LogP contribution < -0.4 is 16.8 Å². The summed E-state index contributed by atoms with van der Waals surface area (Å²) in [5, 5.41) is 4.02. The van der Waals surface area contributed by atoms with Crippen LogP contribution in [0, 0.1) is 0 Å². The van der Waals surface area contributed by atoms with Crippen molar-refractivity contribution in [2.24, 2.45) is 0 Å². The van der Waals surface area contributed by atoms with Gasteiger partial charge in [0, 0.05) is 5.69 Å². The number of aromatic nitrogens is 1. The normalized spacial score (nSPS) is 10.2. The molecule has 0 aliphatic carbocycles. The number of anilines is 4. The average molecular weight is 269 g/mol. The van der Waals surface area contributed by atoms with Gasteiger partial charge in [-0.25, -0.2) is 4.98 Å². The summed E-state index contributed by atoms with van der Waals surface area (Å²) in [6.45, 7) is 0. The summed E-state index contributed by atoms with van der Waals surface area (Å²) in [5.41, 5.74) is 12.4. The van der Waals surface area contributed by atoms with E-state index < -0.39 is 0 Å². The lowest BCUT2D eigenvalue weighted by atomic mass is 10.3. The molecule has 1 aromatic carbocycles. The van der Waals surface area contributed by atoms with Crippen molar-refractivity contribution in [3.63, 3.8) is 0 Å². The van der Waals surface area contributed by atoms with E-state index in [1.54, 1.807) is 30.3 Å². The van der Waals surface area contributed by atoms with Crippen LogP contribution in [-0.2, 0) is 0 Å². The molecule has 0 amide bonds. The zero-order valence-electron chi connectivity index (χ0n) is 8.74. The smallest absolute Gasteiger partial charge is 0.149 e. The molecule has 0 aliphatic heterocycles. The van der Waals surface area contributed by atoms with Gasteiger partial charge in [-0.3, -0.25) is 0 Å². The van der Waals surface area contributed by atoms with E-state index in [0.29, 0.717) is 21.6 Å². The van der Waals surface area contributed by atoms with Gasteiger partial charge in [-0.2, -0.15) is 0 Å². The van der Waals surface area contributed by atoms with Gasteiger partial charge in [0.2, 0.25) is 0 Å². The Morgan fingerprint density at radius 1 is 1.00 bits per heavy atom. The van der Waals surface area contributed by atoms with E-state index in [2.05, 4.69) is 10.3 Å². The van der Waals surface area contributed by atoms with Crippen molar-refractivity contribution in [3.8, 4) is 0 Å². The van der Waals surface area contributed by atoms with Gasteiger partial charge in [0.1, 0.15) is 11.6 Å². The molecule has 2 rings (SSSR count). The first-order chi connectivity index (χ1) is 8.06. The predicted octanol–water partition coefficient (Wildman–Crippen LogP) is 3.30. The topological polar surface area (TPSA) is 77.0 Å². The molecule has 17 heavy (non-hydrogen) atoms. The summed E-state index contributed by atoms with van der Waals surface area (Å²) >= 11 is 11.7. The van der Waals surface area contributed by atoms with Gasteiger partial charge in [-0.15, -0.1) is 0 Å². The van der Waals surface area contributed by atoms with Crippen LogP contribution in [0.4, 0.5) is 23.0 Å². The molecule has 0 unspecified atom stereocenters. The maximum absolute atomic E-state index is 5.90. The number of nitrogens with zero attached hydrogens (tertiary/aromatic N) is 1. The molecule has 5 N–H and O–H groups in total. The number of hydrogen-bond donors (Lipinski definition) is 3. The van der Waals surface area contributed by atoms with E-state index in [1.807, 2.05) is 0 Å². The summed E-state index contributed by atoms with van der Waals surface area (Å²) in [6.07, 6.45) is 0. The number of nitrogen functional groups attached to an aromatic ring is 2. The van der Waals surface area contributed by atoms with E-state index in [0.717, 1.165) is 5.69 Å². The second-order valence-corrected chi connectivity index (χ2v) is 4.24. The van der Waals surface area contributed by atoms with Gasteiger partial charge >= 0.3 is 0 Å². The number of nitrogens with one attached hydrogen (secondary N) is 1. The van der Waals surface area contributed by atoms with Gasteiger partial charge in [0.05, 0.1) is 15.7 Å². The summed E-state index contributed by atoms with van der Waals surface area (Å²) < 4.78 is 0. The van der Waals surface area contributed by atoms with Crippen LogP contribution in [0.5, 0.6) is 0 Å². The fourth-order valence-corrected chi connectivity index (χ4v) is 1.58. The molecule has 1 aromatic heterocycles. The Bertz CT molecular complexity index is 508. The minimum Gasteiger partial charge on any atom is -0.396 e. The standard InChI is InChI=1S/C11H10Cl2N4/c12-7-2-1-6(5-8(7)13)16-10-4-3-9(14)11(15)17-10/h1-5H,14H2,(H3,15,16,17). The molecule has 2 aromatic rings. The SMILES string of the molecule is Nc1ccc(Nc2ccc(Cl)c(Cl)c2)nc1N. The third kappa shape index (κ3) is 2.72. The highest BCUT2D eigenvalue weighted by Crippen LogP contribution is 2.27. The Kier molecular flexibility index (Phi) is 3.26. The monoisotopic (exact) mass is 268 g/mol. The fraction of sp³-hybridized carbons (Fsp3) is 0. The molecule has 0 fully saturated rings. The van der Waals surface area contributed by atoms with Gasteiger partial charge in [-0.05, 0) is 30.3 Å². The van der Waals surface area contributed by atoms with Crippen LogP contribution in [0.2, 0.25) is 10.0 Å². The highest BCUT2D eigenvalue weighted by atomic mass is 35.5. The lowest BCUT2D eigenvalue weighted by Gasteiger charge is -2.08. The Balaban J connectivity index is 2.25. The lowest BCUT2D eigenvalue weighted by molar-refractivity contribution is 1.32. The van der Waals surface area contributed by atoms with E-state index in [9.17, 15) is 0 Å². The van der Waals surface area contributed by atoms with Gasteiger partial charge in [-0.1, -0.05) is 23.2 Å². The van der Waals surface area contributed by atoms with E-state index in [-0.39, 0.29) is 5.82 Å². The minimum atomic E-state index is 0.287. The van der Waals surface area contributed by atoms with Crippen LogP contribution in [0.3, 0.4) is 0 Å². The molecule has 0 saturated carbocycles. The molecular weight excluding hydrogens is 259 g/mol. The second kappa shape index (κ2) is 4.69. The van der Waals surface area contributed by atoms with Crippen molar-refractivity contribution in [1.29, 1.82) is 0 Å². The summed E-state index contributed by atoms with van der Waals surface area (Å²) in [4.78, 5) is 4.09. The molecule has 0 saturated heterocycles. The molecule has 0 atom stereocenters. The van der Waals surface area contributed by atoms with Crippen LogP contribution in [0.1, 0.15) is 0 Å². The molecule has 6 heteroatoms. The first-order valence-corrected chi connectivity index (χ1v) is 5.56. The second-order valence-electron chi connectivity index (χ2n) is 3.42. The van der Waals surface area contributed by atoms with Crippen molar-refractivity contribution in [1.82, 2.24) is 4.98 Å². The fourth-order valence-electron chi connectivity index (χ4n) is 1.28. The Labute approximate surface area is 109 Å². The molecule has 88 valence electrons. The summed E-state index contributed by atoms with van der Waals surface area (Å²) in [7, 11) is 0. The van der Waals surface area contributed by atoms with Crippen molar-refractivity contribution < 1.29 is 0 Å². The maximum atomic E-state index is 5.90. The molecular formula is C11H10Cl2N4. The van der Waals surface area contributed by atoms with Gasteiger partial charge in [0.25, 0.3) is 0 Å². The first kappa shape index (κ1) is 11.8. The number of pyridine rings is 1. The predicted molar refractivity (Wildman–Crippen MR) is 72.8 cm³/mol. The number of rotatable bonds is 2. The Morgan fingerprint density at radius 2 is 1.76 bits per heavy atom. The summed E-state index contributed by atoms with van der Waals surface area (Å²) in [6, 6.07) is 8.61. The molecule has 0 aliphatic rings. The Hall–Kier alpha value is -1.65. The highest BCUT2D eigenvalue weighted by Gasteiger charge is 2.02. The third-order valence-corrected chi connectivity index (χ3v) is 2.89. The van der Waals surface area contributed by atoms with Gasteiger partial charge < -0.3 is 16.8 Å². The van der Waals surface area contributed by atoms with E-state index >= 15 is 0 Å². The zero-order valence-corrected chi connectivity index (χ0v) is 10.3. The number of halogens is 2. The first-order valence-electron chi connectivity index (χ1n) is 4.80. The zero-order chi connectivity index (χ0) is 12.4. The average Bonchev–Trinajstić information content (AvgIpc) is 2.29. The Morgan fingerprint density at radius 3 is 2.41 bits per heavy atom. The highest BCUT2D eigenvalue weighted by molar-refractivity contribution is 6.42. The van der Waals surface area contributed by atoms with Crippen molar-refractivity contribution in [2.45, 2.75) is 0 Å². The lowest BCUT2D eigenvalue weighted by Crippen LogP contribution is -2.01. The van der Waals surface area contributed by atoms with Crippen LogP contribution in [0.25, 0.3) is 0 Å². The van der Waals surface area contributed by atoms with Crippen molar-refractivity contribution >= 4 is 46.2 Å². The number of hydrogen-bond acceptors (Lipinski definition) is 4. The molecule has 0 radical (unpaired) electrons. The molecule has 4 nitrogen and oxygen atoms in total. The minimum absolute atomic E-state index is 0.287. The maximum Gasteiger partial charge on any atom is 0.149 e. The number of benzene rings is 1. The number of nitrogens with two attached hydrogens (primary N) is 2. The molecule has 1 heterocycles. The van der Waals surface area contributed by atoms with Gasteiger partial charge in [0.15, 0.2) is 0 Å². The van der Waals surface area contributed by atoms with Crippen LogP contribution in [0.15, 0.2) is 30.3 Å². The summed E-state index contributed by atoms with van der Waals surface area (Å²) in [5.74, 6) is 0.880. The molecule has 0 bridgehead atoms. The van der Waals surface area contributed by atoms with E-state index in [4.69, 9.17) is 34.7 Å². The quantitative estimate of drug-likeness (QED) is 0.781. The van der Waals surface area contributed by atoms with Crippen LogP contribution in [-0.4, -0.2) is 4.98 Å². The largest absolute Gasteiger partial charge is 0.396 e. The van der Waals surface area contributed by atoms with Crippen molar-refractivity contribution in [3.05, 3.63) is 40.4 Å². The van der Waals surface area contributed by atoms with Crippen LogP contribution >= 0.6 is 23.2 Å². The third-order valence-electron chi connectivity index (χ3n) is 2.15.